The lowest BCUT2D eigenvalue weighted by Gasteiger charge is -1.99. The molecule has 0 aliphatic rings. The van der Waals surface area contributed by atoms with Gasteiger partial charge in [-0.15, -0.1) is 0 Å². The van der Waals surface area contributed by atoms with Gasteiger partial charge in [0.2, 0.25) is 0 Å². The van der Waals surface area contributed by atoms with Crippen LogP contribution in [-0.4, -0.2) is 10.1 Å². The average Bonchev–Trinajstić information content (AvgIpc) is 2.04. The molecule has 60 valence electrons. The maximum atomic E-state index is 9.21. The van der Waals surface area contributed by atoms with Crippen molar-refractivity contribution < 1.29 is 5.11 Å². The SMILES string of the molecule is Oc1cc(Cl)c2cnccc2c1. The second-order valence-electron chi connectivity index (χ2n) is 2.52. The van der Waals surface area contributed by atoms with Crippen molar-refractivity contribution in [3.05, 3.63) is 35.6 Å². The van der Waals surface area contributed by atoms with Crippen LogP contribution in [0, 0.1) is 0 Å². The van der Waals surface area contributed by atoms with Gasteiger partial charge >= 0.3 is 0 Å². The molecule has 0 bridgehead atoms. The first-order valence-corrected chi connectivity index (χ1v) is 3.87. The third-order valence-corrected chi connectivity index (χ3v) is 2.00. The average molecular weight is 180 g/mol. The lowest BCUT2D eigenvalue weighted by molar-refractivity contribution is 0.476. The van der Waals surface area contributed by atoms with E-state index in [9.17, 15) is 5.11 Å². The molecule has 1 aromatic carbocycles. The van der Waals surface area contributed by atoms with Gasteiger partial charge in [-0.1, -0.05) is 11.6 Å². The molecule has 1 aromatic heterocycles. The van der Waals surface area contributed by atoms with Crippen molar-refractivity contribution in [2.75, 3.05) is 0 Å². The predicted octanol–water partition coefficient (Wildman–Crippen LogP) is 2.59. The summed E-state index contributed by atoms with van der Waals surface area (Å²) >= 11 is 5.86. The molecule has 0 unspecified atom stereocenters. The van der Waals surface area contributed by atoms with Gasteiger partial charge in [-0.05, 0) is 23.6 Å². The zero-order valence-electron chi connectivity index (χ0n) is 6.16. The van der Waals surface area contributed by atoms with Crippen molar-refractivity contribution in [1.82, 2.24) is 4.98 Å². The number of rotatable bonds is 0. The third kappa shape index (κ3) is 1.10. The van der Waals surface area contributed by atoms with E-state index in [1.807, 2.05) is 0 Å². The Morgan fingerprint density at radius 3 is 3.00 bits per heavy atom. The van der Waals surface area contributed by atoms with Crippen molar-refractivity contribution >= 4 is 22.4 Å². The number of benzene rings is 1. The van der Waals surface area contributed by atoms with E-state index in [1.165, 1.54) is 6.07 Å². The molecule has 0 aliphatic carbocycles. The Morgan fingerprint density at radius 1 is 1.33 bits per heavy atom. The summed E-state index contributed by atoms with van der Waals surface area (Å²) in [6.07, 6.45) is 3.34. The molecule has 2 aromatic rings. The highest BCUT2D eigenvalue weighted by Crippen LogP contribution is 2.27. The van der Waals surface area contributed by atoms with Crippen LogP contribution in [0.4, 0.5) is 0 Å². The normalized spacial score (nSPS) is 10.4. The van der Waals surface area contributed by atoms with Gasteiger partial charge in [0.25, 0.3) is 0 Å². The number of aromatic nitrogens is 1. The number of pyridine rings is 1. The largest absolute Gasteiger partial charge is 0.508 e. The number of phenolic OH excluding ortho intramolecular Hbond substituents is 1. The van der Waals surface area contributed by atoms with E-state index in [2.05, 4.69) is 4.98 Å². The fraction of sp³-hybridized carbons (Fsp3) is 0. The molecule has 0 radical (unpaired) electrons. The summed E-state index contributed by atoms with van der Waals surface area (Å²) in [5, 5.41) is 11.5. The van der Waals surface area contributed by atoms with Crippen molar-refractivity contribution in [2.24, 2.45) is 0 Å². The summed E-state index contributed by atoms with van der Waals surface area (Å²) < 4.78 is 0. The fourth-order valence-electron chi connectivity index (χ4n) is 1.14. The van der Waals surface area contributed by atoms with Crippen molar-refractivity contribution in [1.29, 1.82) is 0 Å². The predicted molar refractivity (Wildman–Crippen MR) is 48.4 cm³/mol. The molecule has 2 nitrogen and oxygen atoms in total. The van der Waals surface area contributed by atoms with Crippen molar-refractivity contribution in [3.63, 3.8) is 0 Å². The molecule has 12 heavy (non-hydrogen) atoms. The first kappa shape index (κ1) is 7.37. The van der Waals surface area contributed by atoms with Crippen LogP contribution in [0.5, 0.6) is 5.75 Å². The number of halogens is 1. The third-order valence-electron chi connectivity index (χ3n) is 1.69. The second-order valence-corrected chi connectivity index (χ2v) is 2.93. The van der Waals surface area contributed by atoms with Gasteiger partial charge in [-0.2, -0.15) is 0 Å². The highest BCUT2D eigenvalue weighted by Gasteiger charge is 1.99. The second kappa shape index (κ2) is 2.64. The number of phenols is 1. The summed E-state index contributed by atoms with van der Waals surface area (Å²) in [6.45, 7) is 0. The number of fused-ring (bicyclic) bond motifs is 1. The molecule has 0 saturated heterocycles. The Balaban J connectivity index is 2.89. The standard InChI is InChI=1S/C9H6ClNO/c10-9-4-7(12)3-6-1-2-11-5-8(6)9/h1-5,12H. The van der Waals surface area contributed by atoms with E-state index < -0.39 is 0 Å². The van der Waals surface area contributed by atoms with E-state index in [1.54, 1.807) is 24.5 Å². The van der Waals surface area contributed by atoms with Gasteiger partial charge in [0.05, 0.1) is 5.02 Å². The molecule has 0 spiro atoms. The van der Waals surface area contributed by atoms with Crippen LogP contribution < -0.4 is 0 Å². The highest BCUT2D eigenvalue weighted by molar-refractivity contribution is 6.35. The summed E-state index contributed by atoms with van der Waals surface area (Å²) in [7, 11) is 0. The minimum absolute atomic E-state index is 0.179. The fourth-order valence-corrected chi connectivity index (χ4v) is 1.41. The number of aromatic hydroxyl groups is 1. The van der Waals surface area contributed by atoms with Gasteiger partial charge < -0.3 is 5.11 Å². The first-order valence-electron chi connectivity index (χ1n) is 3.49. The van der Waals surface area contributed by atoms with E-state index in [0.717, 1.165) is 10.8 Å². The molecule has 1 N–H and O–H groups in total. The molecule has 3 heteroatoms. The van der Waals surface area contributed by atoms with E-state index in [4.69, 9.17) is 11.6 Å². The van der Waals surface area contributed by atoms with Gasteiger partial charge in [-0.25, -0.2) is 0 Å². The van der Waals surface area contributed by atoms with Gasteiger partial charge in [0.15, 0.2) is 0 Å². The van der Waals surface area contributed by atoms with Crippen LogP contribution in [-0.2, 0) is 0 Å². The molecular formula is C9H6ClNO. The van der Waals surface area contributed by atoms with E-state index in [0.29, 0.717) is 5.02 Å². The van der Waals surface area contributed by atoms with Gasteiger partial charge in [-0.3, -0.25) is 4.98 Å². The monoisotopic (exact) mass is 179 g/mol. The molecule has 0 aliphatic heterocycles. The Bertz CT molecular complexity index is 428. The van der Waals surface area contributed by atoms with Crippen LogP contribution in [0.15, 0.2) is 30.6 Å². The molecule has 0 fully saturated rings. The zero-order valence-corrected chi connectivity index (χ0v) is 6.92. The van der Waals surface area contributed by atoms with E-state index in [-0.39, 0.29) is 5.75 Å². The van der Waals surface area contributed by atoms with Gasteiger partial charge in [0, 0.05) is 17.8 Å². The lowest BCUT2D eigenvalue weighted by Crippen LogP contribution is -1.76. The molecular weight excluding hydrogens is 174 g/mol. The summed E-state index contributed by atoms with van der Waals surface area (Å²) in [5.41, 5.74) is 0. The molecule has 0 saturated carbocycles. The molecule has 1 heterocycles. The van der Waals surface area contributed by atoms with Gasteiger partial charge in [0.1, 0.15) is 5.75 Å². The minimum Gasteiger partial charge on any atom is -0.508 e. The maximum absolute atomic E-state index is 9.21. The number of hydrogen-bond donors (Lipinski definition) is 1. The zero-order chi connectivity index (χ0) is 8.55. The highest BCUT2D eigenvalue weighted by atomic mass is 35.5. The van der Waals surface area contributed by atoms with Crippen LogP contribution in [0.2, 0.25) is 5.02 Å². The summed E-state index contributed by atoms with van der Waals surface area (Å²) in [4.78, 5) is 3.94. The van der Waals surface area contributed by atoms with Crippen LogP contribution >= 0.6 is 11.6 Å². The van der Waals surface area contributed by atoms with Crippen LogP contribution in [0.1, 0.15) is 0 Å². The minimum atomic E-state index is 0.179. The Morgan fingerprint density at radius 2 is 2.17 bits per heavy atom. The smallest absolute Gasteiger partial charge is 0.117 e. The Hall–Kier alpha value is -1.28. The number of nitrogens with zero attached hydrogens (tertiary/aromatic N) is 1. The Labute approximate surface area is 74.4 Å². The molecule has 0 amide bonds. The summed E-state index contributed by atoms with van der Waals surface area (Å²) in [6, 6.07) is 4.97. The van der Waals surface area contributed by atoms with E-state index >= 15 is 0 Å². The maximum Gasteiger partial charge on any atom is 0.117 e. The first-order chi connectivity index (χ1) is 5.77. The molecule has 2 rings (SSSR count). The summed E-state index contributed by atoms with van der Waals surface area (Å²) in [5.74, 6) is 0.179. The number of hydrogen-bond acceptors (Lipinski definition) is 2. The van der Waals surface area contributed by atoms with Crippen LogP contribution in [0.3, 0.4) is 0 Å². The molecule has 0 atom stereocenters. The quantitative estimate of drug-likeness (QED) is 0.675. The van der Waals surface area contributed by atoms with Crippen molar-refractivity contribution in [2.45, 2.75) is 0 Å². The van der Waals surface area contributed by atoms with Crippen LogP contribution in [0.25, 0.3) is 10.8 Å². The lowest BCUT2D eigenvalue weighted by atomic mass is 10.2. The van der Waals surface area contributed by atoms with Crippen molar-refractivity contribution in [3.8, 4) is 5.75 Å². The topological polar surface area (TPSA) is 33.1 Å². The Kier molecular flexibility index (Phi) is 1.62.